The normalized spacial score (nSPS) is 11.1. The van der Waals surface area contributed by atoms with Gasteiger partial charge in [0.2, 0.25) is 0 Å². The SMILES string of the molecule is CCOC(=O)c1sc(CC(=O)/C(C#N)=C/c2ccc(OC(C)C)c(OC)c2)c(C(=O)OCC)c1C. The summed E-state index contributed by atoms with van der Waals surface area (Å²) in [7, 11) is 1.50. The molecular weight excluding hydrogens is 470 g/mol. The molecule has 0 aliphatic rings. The van der Waals surface area contributed by atoms with Crippen molar-refractivity contribution in [3.63, 3.8) is 0 Å². The van der Waals surface area contributed by atoms with Crippen LogP contribution in [0.5, 0.6) is 11.5 Å². The summed E-state index contributed by atoms with van der Waals surface area (Å²) in [6, 6.07) is 7.01. The maximum Gasteiger partial charge on any atom is 0.348 e. The lowest BCUT2D eigenvalue weighted by Gasteiger charge is -2.13. The summed E-state index contributed by atoms with van der Waals surface area (Å²) < 4.78 is 21.3. The van der Waals surface area contributed by atoms with Gasteiger partial charge in [-0.2, -0.15) is 5.26 Å². The number of benzene rings is 1. The summed E-state index contributed by atoms with van der Waals surface area (Å²) in [5.74, 6) is -0.700. The Labute approximate surface area is 209 Å². The highest BCUT2D eigenvalue weighted by atomic mass is 32.1. The molecular formula is C26H29NO7S. The molecule has 0 aliphatic carbocycles. The molecule has 2 rings (SSSR count). The van der Waals surface area contributed by atoms with Crippen molar-refractivity contribution in [1.29, 1.82) is 5.26 Å². The van der Waals surface area contributed by atoms with Crippen molar-refractivity contribution < 1.29 is 33.3 Å². The predicted octanol–water partition coefficient (Wildman–Crippen LogP) is 4.92. The van der Waals surface area contributed by atoms with Crippen LogP contribution in [0.3, 0.4) is 0 Å². The third-order valence-corrected chi connectivity index (χ3v) is 6.04. The highest BCUT2D eigenvalue weighted by Gasteiger charge is 2.28. The Balaban J connectivity index is 2.42. The second kappa shape index (κ2) is 12.7. The molecule has 0 unspecified atom stereocenters. The summed E-state index contributed by atoms with van der Waals surface area (Å²) in [5.41, 5.74) is 1.01. The molecule has 186 valence electrons. The van der Waals surface area contributed by atoms with Crippen molar-refractivity contribution in [3.8, 4) is 17.6 Å². The minimum Gasteiger partial charge on any atom is -0.493 e. The number of allylic oxidation sites excluding steroid dienone is 1. The first kappa shape index (κ1) is 27.6. The van der Waals surface area contributed by atoms with Crippen LogP contribution in [-0.2, 0) is 20.7 Å². The zero-order valence-electron chi connectivity index (χ0n) is 20.7. The number of Topliss-reactive ketones (excluding diaryl/α,β-unsaturated/α-hetero) is 1. The molecule has 9 heteroatoms. The second-order valence-corrected chi connectivity index (χ2v) is 8.75. The molecule has 0 saturated heterocycles. The summed E-state index contributed by atoms with van der Waals surface area (Å²) in [4.78, 5) is 38.6. The van der Waals surface area contributed by atoms with Crippen LogP contribution in [0.4, 0.5) is 0 Å². The average Bonchev–Trinajstić information content (AvgIpc) is 3.13. The summed E-state index contributed by atoms with van der Waals surface area (Å²) in [6.07, 6.45) is 1.15. The number of hydrogen-bond acceptors (Lipinski definition) is 9. The van der Waals surface area contributed by atoms with E-state index in [9.17, 15) is 19.6 Å². The number of methoxy groups -OCH3 is 1. The first-order chi connectivity index (χ1) is 16.7. The molecule has 35 heavy (non-hydrogen) atoms. The second-order valence-electron chi connectivity index (χ2n) is 7.64. The number of esters is 2. The van der Waals surface area contributed by atoms with Crippen LogP contribution in [0.2, 0.25) is 0 Å². The smallest absolute Gasteiger partial charge is 0.348 e. The fourth-order valence-electron chi connectivity index (χ4n) is 3.27. The summed E-state index contributed by atoms with van der Waals surface area (Å²) in [5, 5.41) is 9.66. The third-order valence-electron chi connectivity index (χ3n) is 4.76. The first-order valence-corrected chi connectivity index (χ1v) is 11.9. The van der Waals surface area contributed by atoms with E-state index >= 15 is 0 Å². The number of thiophene rings is 1. The molecule has 1 aromatic heterocycles. The van der Waals surface area contributed by atoms with Gasteiger partial charge in [0.15, 0.2) is 17.3 Å². The van der Waals surface area contributed by atoms with Crippen LogP contribution in [0.15, 0.2) is 23.8 Å². The number of rotatable bonds is 11. The molecule has 0 atom stereocenters. The van der Waals surface area contributed by atoms with Gasteiger partial charge in [0.25, 0.3) is 0 Å². The number of ketones is 1. The monoisotopic (exact) mass is 499 g/mol. The minimum atomic E-state index is -0.632. The molecule has 0 saturated carbocycles. The molecule has 0 amide bonds. The van der Waals surface area contributed by atoms with Crippen molar-refractivity contribution in [2.24, 2.45) is 0 Å². The minimum absolute atomic E-state index is 0.0520. The van der Waals surface area contributed by atoms with Crippen molar-refractivity contribution in [3.05, 3.63) is 50.2 Å². The van der Waals surface area contributed by atoms with Crippen LogP contribution >= 0.6 is 11.3 Å². The number of ether oxygens (including phenoxy) is 4. The standard InChI is InChI=1S/C26H29NO7S/c1-7-32-25(29)23-16(5)24(26(30)33-8-2)35-22(23)13-19(28)18(14-27)11-17-9-10-20(34-15(3)4)21(12-17)31-6/h9-12,15H,7-8,13H2,1-6H3/b18-11+. The van der Waals surface area contributed by atoms with Crippen molar-refractivity contribution in [2.75, 3.05) is 20.3 Å². The van der Waals surface area contributed by atoms with Gasteiger partial charge in [0, 0.05) is 11.3 Å². The van der Waals surface area contributed by atoms with E-state index in [1.54, 1.807) is 39.0 Å². The number of hydrogen-bond donors (Lipinski definition) is 0. The van der Waals surface area contributed by atoms with E-state index in [1.807, 2.05) is 19.9 Å². The predicted molar refractivity (Wildman–Crippen MR) is 132 cm³/mol. The van der Waals surface area contributed by atoms with E-state index < -0.39 is 17.7 Å². The fraction of sp³-hybridized carbons (Fsp3) is 0.385. The van der Waals surface area contributed by atoms with Gasteiger partial charge in [-0.1, -0.05) is 6.07 Å². The van der Waals surface area contributed by atoms with Gasteiger partial charge in [-0.15, -0.1) is 11.3 Å². The highest BCUT2D eigenvalue weighted by Crippen LogP contribution is 2.32. The van der Waals surface area contributed by atoms with Crippen molar-refractivity contribution in [2.45, 2.75) is 47.1 Å². The van der Waals surface area contributed by atoms with E-state index in [0.717, 1.165) is 11.3 Å². The number of nitriles is 1. The van der Waals surface area contributed by atoms with Gasteiger partial charge in [0.05, 0.1) is 37.6 Å². The lowest BCUT2D eigenvalue weighted by molar-refractivity contribution is -0.114. The van der Waals surface area contributed by atoms with Crippen LogP contribution in [0.25, 0.3) is 6.08 Å². The maximum absolute atomic E-state index is 13.1. The number of nitrogens with zero attached hydrogens (tertiary/aromatic N) is 1. The van der Waals surface area contributed by atoms with Crippen molar-refractivity contribution >= 4 is 35.1 Å². The quantitative estimate of drug-likeness (QED) is 0.243. The molecule has 0 radical (unpaired) electrons. The van der Waals surface area contributed by atoms with Gasteiger partial charge < -0.3 is 18.9 Å². The topological polar surface area (TPSA) is 112 Å². The van der Waals surface area contributed by atoms with Gasteiger partial charge >= 0.3 is 11.9 Å². The zero-order valence-corrected chi connectivity index (χ0v) is 21.5. The van der Waals surface area contributed by atoms with E-state index in [1.165, 1.54) is 13.2 Å². The van der Waals surface area contributed by atoms with E-state index in [0.29, 0.717) is 27.5 Å². The molecule has 1 heterocycles. The number of carbonyl (C=O) groups excluding carboxylic acids is 3. The maximum atomic E-state index is 13.1. The highest BCUT2D eigenvalue weighted by molar-refractivity contribution is 7.14. The Morgan fingerprint density at radius 2 is 1.74 bits per heavy atom. The summed E-state index contributed by atoms with van der Waals surface area (Å²) in [6.45, 7) is 9.05. The Kier molecular flexibility index (Phi) is 10.0. The number of carbonyl (C=O) groups is 3. The van der Waals surface area contributed by atoms with Gasteiger partial charge in [-0.3, -0.25) is 4.79 Å². The molecule has 8 nitrogen and oxygen atoms in total. The van der Waals surface area contributed by atoms with Gasteiger partial charge in [-0.05, 0) is 64.0 Å². The Morgan fingerprint density at radius 3 is 2.31 bits per heavy atom. The molecule has 0 spiro atoms. The zero-order chi connectivity index (χ0) is 26.1. The molecule has 0 fully saturated rings. The lowest BCUT2D eigenvalue weighted by atomic mass is 10.0. The van der Waals surface area contributed by atoms with E-state index in [-0.39, 0.29) is 41.8 Å². The van der Waals surface area contributed by atoms with Crippen LogP contribution in [-0.4, -0.2) is 44.1 Å². The van der Waals surface area contributed by atoms with Gasteiger partial charge in [0.1, 0.15) is 10.9 Å². The molecule has 2 aromatic rings. The molecule has 0 N–H and O–H groups in total. The van der Waals surface area contributed by atoms with E-state index in [2.05, 4.69) is 0 Å². The third kappa shape index (κ3) is 6.93. The Morgan fingerprint density at radius 1 is 1.09 bits per heavy atom. The largest absolute Gasteiger partial charge is 0.493 e. The Hall–Kier alpha value is -3.64. The van der Waals surface area contributed by atoms with Crippen molar-refractivity contribution in [1.82, 2.24) is 0 Å². The molecule has 0 bridgehead atoms. The van der Waals surface area contributed by atoms with Crippen LogP contribution in [0.1, 0.15) is 63.7 Å². The molecule has 1 aromatic carbocycles. The van der Waals surface area contributed by atoms with Crippen LogP contribution < -0.4 is 9.47 Å². The lowest BCUT2D eigenvalue weighted by Crippen LogP contribution is -2.12. The van der Waals surface area contributed by atoms with E-state index in [4.69, 9.17) is 18.9 Å². The van der Waals surface area contributed by atoms with Gasteiger partial charge in [-0.25, -0.2) is 9.59 Å². The fourth-order valence-corrected chi connectivity index (χ4v) is 4.45. The molecule has 0 aliphatic heterocycles. The first-order valence-electron chi connectivity index (χ1n) is 11.1. The van der Waals surface area contributed by atoms with Crippen LogP contribution in [0, 0.1) is 18.3 Å². The summed E-state index contributed by atoms with van der Waals surface area (Å²) >= 11 is 0.995. The Bertz CT molecular complexity index is 1170. The average molecular weight is 500 g/mol.